The molecule has 0 saturated heterocycles. The summed E-state index contributed by atoms with van der Waals surface area (Å²) >= 11 is 13.2. The Morgan fingerprint density at radius 3 is 2.47 bits per heavy atom. The van der Waals surface area contributed by atoms with Gasteiger partial charge in [0.1, 0.15) is 0 Å². The van der Waals surface area contributed by atoms with E-state index in [0.29, 0.717) is 10.9 Å². The lowest BCUT2D eigenvalue weighted by molar-refractivity contribution is 0.0601. The minimum atomic E-state index is -0.620. The van der Waals surface area contributed by atoms with E-state index in [0.717, 1.165) is 0 Å². The molecule has 1 aromatic rings. The van der Waals surface area contributed by atoms with Crippen molar-refractivity contribution in [2.45, 2.75) is 0 Å². The van der Waals surface area contributed by atoms with Crippen molar-refractivity contribution in [1.82, 2.24) is 5.32 Å². The van der Waals surface area contributed by atoms with Gasteiger partial charge in [0.25, 0.3) is 0 Å². The standard InChI is InChI=1S/C11H9Cl2N3O2S/c1-18-10(17)9-7(12)3-6(4-8(9)13)16-11(19-2)15-5-14/h3-4H,1-2H3,(H,15,16). The van der Waals surface area contributed by atoms with E-state index in [4.69, 9.17) is 28.5 Å². The van der Waals surface area contributed by atoms with Crippen LogP contribution in [0.15, 0.2) is 17.1 Å². The molecular weight excluding hydrogens is 309 g/mol. The highest BCUT2D eigenvalue weighted by molar-refractivity contribution is 8.13. The normalized spacial score (nSPS) is 10.8. The van der Waals surface area contributed by atoms with Crippen LogP contribution in [-0.2, 0) is 4.74 Å². The van der Waals surface area contributed by atoms with Crippen LogP contribution in [0.5, 0.6) is 0 Å². The second-order valence-corrected chi connectivity index (χ2v) is 4.74. The summed E-state index contributed by atoms with van der Waals surface area (Å²) in [5.74, 6) is -0.620. The number of nitrogens with zero attached hydrogens (tertiary/aromatic N) is 2. The number of thioether (sulfide) groups is 1. The zero-order chi connectivity index (χ0) is 14.4. The second kappa shape index (κ2) is 7.24. The van der Waals surface area contributed by atoms with Crippen molar-refractivity contribution in [1.29, 1.82) is 5.26 Å². The van der Waals surface area contributed by atoms with E-state index in [1.807, 2.05) is 0 Å². The number of esters is 1. The fraction of sp³-hybridized carbons (Fsp3) is 0.182. The summed E-state index contributed by atoms with van der Waals surface area (Å²) in [5, 5.41) is 11.6. The van der Waals surface area contributed by atoms with Crippen molar-refractivity contribution in [3.05, 3.63) is 27.7 Å². The van der Waals surface area contributed by atoms with Gasteiger partial charge < -0.3 is 4.74 Å². The molecule has 0 aliphatic carbocycles. The van der Waals surface area contributed by atoms with E-state index in [1.54, 1.807) is 12.4 Å². The Kier molecular flexibility index (Phi) is 5.96. The van der Waals surface area contributed by atoms with Crippen LogP contribution >= 0.6 is 35.0 Å². The Hall–Kier alpha value is -1.42. The Morgan fingerprint density at radius 2 is 2.05 bits per heavy atom. The quantitative estimate of drug-likeness (QED) is 0.298. The number of carbonyl (C=O) groups excluding carboxylic acids is 1. The molecule has 0 amide bonds. The summed E-state index contributed by atoms with van der Waals surface area (Å²) in [7, 11) is 1.24. The SMILES string of the molecule is COC(=O)c1c(Cl)cc(N=C(NC#N)SC)cc1Cl. The molecule has 0 radical (unpaired) electrons. The van der Waals surface area contributed by atoms with Gasteiger partial charge in [-0.3, -0.25) is 5.32 Å². The monoisotopic (exact) mass is 317 g/mol. The first kappa shape index (κ1) is 15.6. The van der Waals surface area contributed by atoms with E-state index in [9.17, 15) is 4.79 Å². The third-order valence-corrected chi connectivity index (χ3v) is 3.18. The van der Waals surface area contributed by atoms with Gasteiger partial charge in [0, 0.05) is 0 Å². The highest BCUT2D eigenvalue weighted by Crippen LogP contribution is 2.31. The third-order valence-electron chi connectivity index (χ3n) is 2.00. The van der Waals surface area contributed by atoms with Crippen LogP contribution in [0.25, 0.3) is 0 Å². The van der Waals surface area contributed by atoms with Crippen LogP contribution in [0.1, 0.15) is 10.4 Å². The molecule has 1 rings (SSSR count). The predicted octanol–water partition coefficient (Wildman–Crippen LogP) is 3.20. The van der Waals surface area contributed by atoms with Crippen molar-refractivity contribution in [3.8, 4) is 6.19 Å². The zero-order valence-electron chi connectivity index (χ0n) is 10.0. The van der Waals surface area contributed by atoms with E-state index in [1.165, 1.54) is 31.0 Å². The molecule has 0 aliphatic rings. The Morgan fingerprint density at radius 1 is 1.47 bits per heavy atom. The van der Waals surface area contributed by atoms with E-state index in [-0.39, 0.29) is 15.6 Å². The van der Waals surface area contributed by atoms with E-state index >= 15 is 0 Å². The number of ether oxygens (including phenoxy) is 1. The molecule has 0 spiro atoms. The molecular formula is C11H9Cl2N3O2S. The highest BCUT2D eigenvalue weighted by Gasteiger charge is 2.16. The van der Waals surface area contributed by atoms with Gasteiger partial charge in [-0.2, -0.15) is 5.26 Å². The summed E-state index contributed by atoms with van der Waals surface area (Å²) < 4.78 is 4.58. The number of amidine groups is 1. The van der Waals surface area contributed by atoms with Crippen molar-refractivity contribution in [3.63, 3.8) is 0 Å². The molecule has 0 aromatic heterocycles. The maximum Gasteiger partial charge on any atom is 0.340 e. The molecule has 5 nitrogen and oxygen atoms in total. The molecule has 0 saturated carbocycles. The predicted molar refractivity (Wildman–Crippen MR) is 77.2 cm³/mol. The third kappa shape index (κ3) is 4.03. The van der Waals surface area contributed by atoms with Gasteiger partial charge in [0.05, 0.1) is 28.4 Å². The molecule has 100 valence electrons. The number of halogens is 2. The lowest BCUT2D eigenvalue weighted by Crippen LogP contribution is -2.12. The smallest absolute Gasteiger partial charge is 0.340 e. The first-order chi connectivity index (χ1) is 9.03. The van der Waals surface area contributed by atoms with Crippen molar-refractivity contribution < 1.29 is 9.53 Å². The maximum atomic E-state index is 11.5. The van der Waals surface area contributed by atoms with Crippen LogP contribution in [0.3, 0.4) is 0 Å². The first-order valence-corrected chi connectivity index (χ1v) is 6.86. The lowest BCUT2D eigenvalue weighted by Gasteiger charge is -2.06. The summed E-state index contributed by atoms with van der Waals surface area (Å²) in [6.45, 7) is 0. The van der Waals surface area contributed by atoms with Crippen molar-refractivity contribution in [2.75, 3.05) is 13.4 Å². The van der Waals surface area contributed by atoms with Crippen LogP contribution in [0, 0.1) is 11.5 Å². The maximum absolute atomic E-state index is 11.5. The first-order valence-electron chi connectivity index (χ1n) is 4.88. The van der Waals surface area contributed by atoms with Gasteiger partial charge in [-0.15, -0.1) is 0 Å². The fourth-order valence-corrected chi connectivity index (χ4v) is 2.19. The Labute approximate surface area is 124 Å². The van der Waals surface area contributed by atoms with Gasteiger partial charge >= 0.3 is 5.97 Å². The number of aliphatic imine (C=N–C) groups is 1. The second-order valence-electron chi connectivity index (χ2n) is 3.13. The van der Waals surface area contributed by atoms with E-state index < -0.39 is 5.97 Å². The van der Waals surface area contributed by atoms with Gasteiger partial charge in [0.2, 0.25) is 0 Å². The molecule has 0 atom stereocenters. The molecule has 0 bridgehead atoms. The Bertz CT molecular complexity index is 547. The largest absolute Gasteiger partial charge is 0.465 e. The number of nitriles is 1. The van der Waals surface area contributed by atoms with Gasteiger partial charge in [0.15, 0.2) is 11.4 Å². The summed E-state index contributed by atoms with van der Waals surface area (Å²) in [6.07, 6.45) is 3.52. The molecule has 0 fully saturated rings. The number of benzene rings is 1. The van der Waals surface area contributed by atoms with Gasteiger partial charge in [-0.05, 0) is 18.4 Å². The topological polar surface area (TPSA) is 74.5 Å². The number of methoxy groups -OCH3 is 1. The zero-order valence-corrected chi connectivity index (χ0v) is 12.4. The average molecular weight is 318 g/mol. The highest BCUT2D eigenvalue weighted by atomic mass is 35.5. The van der Waals surface area contributed by atoms with Crippen LogP contribution in [-0.4, -0.2) is 24.5 Å². The molecule has 1 N–H and O–H groups in total. The number of hydrogen-bond donors (Lipinski definition) is 1. The van der Waals surface area contributed by atoms with Crippen LogP contribution in [0.4, 0.5) is 5.69 Å². The molecule has 1 aromatic carbocycles. The fourth-order valence-electron chi connectivity index (χ4n) is 1.21. The van der Waals surface area contributed by atoms with Crippen LogP contribution in [0.2, 0.25) is 10.0 Å². The van der Waals surface area contributed by atoms with E-state index in [2.05, 4.69) is 15.0 Å². The molecule has 0 heterocycles. The van der Waals surface area contributed by atoms with Gasteiger partial charge in [-0.1, -0.05) is 35.0 Å². The molecule has 19 heavy (non-hydrogen) atoms. The minimum absolute atomic E-state index is 0.0868. The van der Waals surface area contributed by atoms with Crippen molar-refractivity contribution >= 4 is 51.8 Å². The van der Waals surface area contributed by atoms with Crippen molar-refractivity contribution in [2.24, 2.45) is 4.99 Å². The summed E-state index contributed by atoms with van der Waals surface area (Å²) in [4.78, 5) is 15.6. The molecule has 8 heteroatoms. The van der Waals surface area contributed by atoms with Gasteiger partial charge in [-0.25, -0.2) is 9.79 Å². The number of nitrogens with one attached hydrogen (secondary N) is 1. The Balaban J connectivity index is 3.22. The molecule has 0 unspecified atom stereocenters. The summed E-state index contributed by atoms with van der Waals surface area (Å²) in [6, 6.07) is 2.93. The minimum Gasteiger partial charge on any atom is -0.465 e. The number of hydrogen-bond acceptors (Lipinski definition) is 5. The number of rotatable bonds is 2. The molecule has 0 aliphatic heterocycles. The summed E-state index contributed by atoms with van der Waals surface area (Å²) in [5.41, 5.74) is 0.512. The average Bonchev–Trinajstić information content (AvgIpc) is 2.37. The number of carbonyl (C=O) groups is 1. The van der Waals surface area contributed by atoms with Crippen LogP contribution < -0.4 is 5.32 Å². The lowest BCUT2D eigenvalue weighted by atomic mass is 10.2.